The van der Waals surface area contributed by atoms with Gasteiger partial charge < -0.3 is 14.6 Å². The quantitative estimate of drug-likeness (QED) is 0.865. The molecule has 2 atom stereocenters. The molecule has 1 N–H and O–H groups in total. The normalized spacial score (nSPS) is 18.7. The third-order valence-electron chi connectivity index (χ3n) is 4.67. The highest BCUT2D eigenvalue weighted by Crippen LogP contribution is 2.23. The van der Waals surface area contributed by atoms with Gasteiger partial charge in [-0.05, 0) is 55.5 Å². The van der Waals surface area contributed by atoms with Crippen molar-refractivity contribution in [2.45, 2.75) is 32.6 Å². The van der Waals surface area contributed by atoms with Crippen molar-refractivity contribution in [1.29, 1.82) is 0 Å². The van der Waals surface area contributed by atoms with Crippen LogP contribution in [0.1, 0.15) is 37.0 Å². The smallest absolute Gasteiger partial charge is 0.226 e. The number of hydrogen-bond acceptors (Lipinski definition) is 5. The molecule has 0 aliphatic carbocycles. The highest BCUT2D eigenvalue weighted by Gasteiger charge is 2.22. The Morgan fingerprint density at radius 2 is 2.12 bits per heavy atom. The van der Waals surface area contributed by atoms with Crippen molar-refractivity contribution in [2.24, 2.45) is 11.8 Å². The second kappa shape index (κ2) is 9.04. The van der Waals surface area contributed by atoms with Crippen LogP contribution in [0, 0.1) is 11.8 Å². The minimum absolute atomic E-state index is 0. The van der Waals surface area contributed by atoms with E-state index < -0.39 is 0 Å². The van der Waals surface area contributed by atoms with E-state index in [-0.39, 0.29) is 12.4 Å². The minimum Gasteiger partial charge on any atom is -0.497 e. The summed E-state index contributed by atoms with van der Waals surface area (Å²) in [4.78, 5) is 4.55. The van der Waals surface area contributed by atoms with Gasteiger partial charge >= 0.3 is 0 Å². The van der Waals surface area contributed by atoms with E-state index in [1.807, 2.05) is 24.3 Å². The molecule has 1 fully saturated rings. The van der Waals surface area contributed by atoms with E-state index >= 15 is 0 Å². The second-order valence-electron chi connectivity index (χ2n) is 6.42. The van der Waals surface area contributed by atoms with E-state index in [2.05, 4.69) is 22.4 Å². The molecule has 0 radical (unpaired) electrons. The Bertz CT molecular complexity index is 609. The highest BCUT2D eigenvalue weighted by molar-refractivity contribution is 5.85. The molecular formula is C18H26ClN3O2. The summed E-state index contributed by atoms with van der Waals surface area (Å²) < 4.78 is 10.6. The molecule has 0 bridgehead atoms. The van der Waals surface area contributed by atoms with Crippen LogP contribution >= 0.6 is 12.4 Å². The molecule has 5 nitrogen and oxygen atoms in total. The Hall–Kier alpha value is -1.59. The Balaban J connectivity index is 0.00000208. The summed E-state index contributed by atoms with van der Waals surface area (Å²) in [6.07, 6.45) is 4.11. The zero-order valence-corrected chi connectivity index (χ0v) is 15.1. The van der Waals surface area contributed by atoms with Crippen LogP contribution in [0.2, 0.25) is 0 Å². The van der Waals surface area contributed by atoms with Crippen molar-refractivity contribution in [2.75, 3.05) is 20.2 Å². The van der Waals surface area contributed by atoms with E-state index in [0.29, 0.717) is 18.3 Å². The number of rotatable bonds is 6. The fourth-order valence-electron chi connectivity index (χ4n) is 3.18. The summed E-state index contributed by atoms with van der Waals surface area (Å²) in [5, 5.41) is 7.59. The van der Waals surface area contributed by atoms with Gasteiger partial charge in [-0.3, -0.25) is 0 Å². The van der Waals surface area contributed by atoms with Gasteiger partial charge in [0.05, 0.1) is 7.11 Å². The number of methoxy groups -OCH3 is 1. The van der Waals surface area contributed by atoms with E-state index in [1.165, 1.54) is 12.8 Å². The summed E-state index contributed by atoms with van der Waals surface area (Å²) >= 11 is 0. The van der Waals surface area contributed by atoms with Gasteiger partial charge in [0, 0.05) is 12.8 Å². The van der Waals surface area contributed by atoms with E-state index in [1.54, 1.807) is 7.11 Å². The average Bonchev–Trinajstić information content (AvgIpc) is 3.03. The van der Waals surface area contributed by atoms with Crippen molar-refractivity contribution in [3.63, 3.8) is 0 Å². The standard InChI is InChI=1S/C18H25N3O2.ClH/c1-13(15-4-3-9-19-12-15)10-18-20-17(21-23-18)11-14-5-7-16(22-2)8-6-14;/h5-8,13,15,19H,3-4,9-12H2,1-2H3;1H. The molecule has 132 valence electrons. The van der Waals surface area contributed by atoms with Crippen molar-refractivity contribution < 1.29 is 9.26 Å². The molecule has 1 aliphatic heterocycles. The largest absolute Gasteiger partial charge is 0.497 e. The first-order chi connectivity index (χ1) is 11.2. The van der Waals surface area contributed by atoms with Gasteiger partial charge in [0.1, 0.15) is 5.75 Å². The van der Waals surface area contributed by atoms with Gasteiger partial charge in [-0.15, -0.1) is 12.4 Å². The second-order valence-corrected chi connectivity index (χ2v) is 6.42. The van der Waals surface area contributed by atoms with Crippen LogP contribution in [0.4, 0.5) is 0 Å². The van der Waals surface area contributed by atoms with Gasteiger partial charge in [0.25, 0.3) is 0 Å². The van der Waals surface area contributed by atoms with Crippen LogP contribution in [0.5, 0.6) is 5.75 Å². The number of hydrogen-bond donors (Lipinski definition) is 1. The molecule has 24 heavy (non-hydrogen) atoms. The van der Waals surface area contributed by atoms with Crippen LogP contribution in [-0.2, 0) is 12.8 Å². The minimum atomic E-state index is 0. The molecular weight excluding hydrogens is 326 g/mol. The molecule has 1 saturated heterocycles. The number of benzene rings is 1. The molecule has 1 aromatic carbocycles. The Morgan fingerprint density at radius 1 is 1.33 bits per heavy atom. The highest BCUT2D eigenvalue weighted by atomic mass is 35.5. The molecule has 6 heteroatoms. The topological polar surface area (TPSA) is 60.2 Å². The van der Waals surface area contributed by atoms with Gasteiger partial charge in [-0.1, -0.05) is 24.2 Å². The lowest BCUT2D eigenvalue weighted by atomic mass is 9.85. The number of nitrogens with one attached hydrogen (secondary N) is 1. The van der Waals surface area contributed by atoms with Crippen LogP contribution in [-0.4, -0.2) is 30.3 Å². The average molecular weight is 352 g/mol. The molecule has 0 saturated carbocycles. The van der Waals surface area contributed by atoms with Gasteiger partial charge in [0.2, 0.25) is 5.89 Å². The van der Waals surface area contributed by atoms with E-state index in [4.69, 9.17) is 9.26 Å². The molecule has 2 unspecified atom stereocenters. The third-order valence-corrected chi connectivity index (χ3v) is 4.67. The van der Waals surface area contributed by atoms with Crippen molar-refractivity contribution in [3.8, 4) is 5.75 Å². The summed E-state index contributed by atoms with van der Waals surface area (Å²) in [5.41, 5.74) is 1.16. The first-order valence-electron chi connectivity index (χ1n) is 8.39. The summed E-state index contributed by atoms with van der Waals surface area (Å²) in [6, 6.07) is 7.97. The molecule has 0 amide bonds. The number of aromatic nitrogens is 2. The molecule has 1 aromatic heterocycles. The zero-order chi connectivity index (χ0) is 16.1. The first kappa shape index (κ1) is 18.7. The predicted molar refractivity (Wildman–Crippen MR) is 95.8 cm³/mol. The van der Waals surface area contributed by atoms with Gasteiger partial charge in [-0.25, -0.2) is 0 Å². The van der Waals surface area contributed by atoms with Crippen molar-refractivity contribution in [3.05, 3.63) is 41.5 Å². The molecule has 2 heterocycles. The molecule has 1 aliphatic rings. The zero-order valence-electron chi connectivity index (χ0n) is 14.3. The van der Waals surface area contributed by atoms with E-state index in [0.717, 1.165) is 42.5 Å². The summed E-state index contributed by atoms with van der Waals surface area (Å²) in [7, 11) is 1.67. The van der Waals surface area contributed by atoms with Crippen LogP contribution < -0.4 is 10.1 Å². The molecule has 2 aromatic rings. The number of halogens is 1. The number of ether oxygens (including phenoxy) is 1. The summed E-state index contributed by atoms with van der Waals surface area (Å²) in [5.74, 6) is 3.64. The number of nitrogens with zero attached hydrogens (tertiary/aromatic N) is 2. The van der Waals surface area contributed by atoms with Gasteiger partial charge in [-0.2, -0.15) is 4.98 Å². The maximum absolute atomic E-state index is 5.44. The SMILES string of the molecule is COc1ccc(Cc2noc(CC(C)C3CCCNC3)n2)cc1.Cl. The van der Waals surface area contributed by atoms with Gasteiger partial charge in [0.15, 0.2) is 5.82 Å². The van der Waals surface area contributed by atoms with Crippen LogP contribution in [0.3, 0.4) is 0 Å². The molecule has 3 rings (SSSR count). The third kappa shape index (κ3) is 4.95. The monoisotopic (exact) mass is 351 g/mol. The Kier molecular flexibility index (Phi) is 7.06. The Labute approximate surface area is 149 Å². The lowest BCUT2D eigenvalue weighted by Gasteiger charge is -2.27. The molecule has 0 spiro atoms. The maximum Gasteiger partial charge on any atom is 0.226 e. The van der Waals surface area contributed by atoms with Crippen LogP contribution in [0.25, 0.3) is 0 Å². The summed E-state index contributed by atoms with van der Waals surface area (Å²) in [6.45, 7) is 4.54. The van der Waals surface area contributed by atoms with Crippen molar-refractivity contribution in [1.82, 2.24) is 15.5 Å². The lowest BCUT2D eigenvalue weighted by Crippen LogP contribution is -2.33. The number of piperidine rings is 1. The van der Waals surface area contributed by atoms with Crippen molar-refractivity contribution >= 4 is 12.4 Å². The predicted octanol–water partition coefficient (Wildman–Crippen LogP) is 3.27. The fraction of sp³-hybridized carbons (Fsp3) is 0.556. The Morgan fingerprint density at radius 3 is 2.79 bits per heavy atom. The maximum atomic E-state index is 5.44. The fourth-order valence-corrected chi connectivity index (χ4v) is 3.18. The van der Waals surface area contributed by atoms with Crippen LogP contribution in [0.15, 0.2) is 28.8 Å². The van der Waals surface area contributed by atoms with E-state index in [9.17, 15) is 0 Å². The first-order valence-corrected chi connectivity index (χ1v) is 8.39. The lowest BCUT2D eigenvalue weighted by molar-refractivity contribution is 0.256.